The Labute approximate surface area is 230 Å². The minimum absolute atomic E-state index is 0.0426. The van der Waals surface area contributed by atoms with E-state index >= 15 is 0 Å². The summed E-state index contributed by atoms with van der Waals surface area (Å²) < 4.78 is 49.8. The third-order valence-electron chi connectivity index (χ3n) is 7.30. The second-order valence-electron chi connectivity index (χ2n) is 10.4. The number of hydrogen-bond donors (Lipinski definition) is 0. The maximum absolute atomic E-state index is 14.1. The maximum Gasteiger partial charge on any atom is 0.306 e. The molecule has 1 aliphatic rings. The van der Waals surface area contributed by atoms with Crippen molar-refractivity contribution < 1.29 is 22.3 Å². The molecule has 39 heavy (non-hydrogen) atoms. The molecule has 0 spiro atoms. The van der Waals surface area contributed by atoms with Gasteiger partial charge in [-0.2, -0.15) is 4.31 Å². The number of aromatic nitrogens is 3. The van der Waals surface area contributed by atoms with Gasteiger partial charge in [0.1, 0.15) is 5.82 Å². The molecule has 210 valence electrons. The SMILES string of the molecule is CCOC(=O)CC(CCc1cn(CC)nn1)c1ccc(C)c(CN2CC(C)Cc3ccc(F)cc3S2(=O)=O)c1. The van der Waals surface area contributed by atoms with Crippen LogP contribution in [0.5, 0.6) is 0 Å². The number of esters is 1. The summed E-state index contributed by atoms with van der Waals surface area (Å²) in [5.41, 5.74) is 4.25. The Kier molecular flexibility index (Phi) is 9.17. The zero-order valence-corrected chi connectivity index (χ0v) is 23.9. The molecule has 0 fully saturated rings. The highest BCUT2D eigenvalue weighted by molar-refractivity contribution is 7.89. The Morgan fingerprint density at radius 2 is 2.00 bits per heavy atom. The first-order chi connectivity index (χ1) is 18.6. The molecule has 1 aromatic heterocycles. The molecule has 2 unspecified atom stereocenters. The Hall–Kier alpha value is -3.11. The predicted molar refractivity (Wildman–Crippen MR) is 146 cm³/mol. The molecule has 0 bridgehead atoms. The molecule has 2 heterocycles. The van der Waals surface area contributed by atoms with E-state index in [-0.39, 0.29) is 35.7 Å². The Balaban J connectivity index is 1.62. The summed E-state index contributed by atoms with van der Waals surface area (Å²) >= 11 is 0. The van der Waals surface area contributed by atoms with E-state index in [0.717, 1.165) is 35.0 Å². The molecular formula is C29H37FN4O4S. The Bertz CT molecular complexity index is 1420. The summed E-state index contributed by atoms with van der Waals surface area (Å²) in [5, 5.41) is 8.33. The maximum atomic E-state index is 14.1. The molecule has 2 atom stereocenters. The van der Waals surface area contributed by atoms with E-state index in [2.05, 4.69) is 10.3 Å². The molecule has 0 amide bonds. The van der Waals surface area contributed by atoms with Crippen molar-refractivity contribution in [2.24, 2.45) is 5.92 Å². The third-order valence-corrected chi connectivity index (χ3v) is 9.19. The number of carbonyl (C=O) groups excluding carboxylic acids is 1. The molecule has 1 aliphatic heterocycles. The number of aryl methyl sites for hydroxylation is 3. The normalized spacial score (nSPS) is 17.8. The lowest BCUT2D eigenvalue weighted by molar-refractivity contribution is -0.143. The molecule has 2 aromatic carbocycles. The van der Waals surface area contributed by atoms with Gasteiger partial charge in [0.2, 0.25) is 10.0 Å². The number of ether oxygens (including phenoxy) is 1. The van der Waals surface area contributed by atoms with E-state index in [1.165, 1.54) is 10.4 Å². The van der Waals surface area contributed by atoms with Crippen LogP contribution in [0.3, 0.4) is 0 Å². The number of rotatable bonds is 10. The molecule has 0 radical (unpaired) electrons. The number of nitrogens with zero attached hydrogens (tertiary/aromatic N) is 4. The van der Waals surface area contributed by atoms with Gasteiger partial charge in [0, 0.05) is 25.8 Å². The first-order valence-corrected chi connectivity index (χ1v) is 15.0. The van der Waals surface area contributed by atoms with Crippen molar-refractivity contribution >= 4 is 16.0 Å². The molecule has 4 rings (SSSR count). The fourth-order valence-corrected chi connectivity index (χ4v) is 6.94. The largest absolute Gasteiger partial charge is 0.466 e. The molecule has 0 aliphatic carbocycles. The van der Waals surface area contributed by atoms with Gasteiger partial charge in [-0.15, -0.1) is 5.10 Å². The van der Waals surface area contributed by atoms with Crippen LogP contribution in [0.1, 0.15) is 67.5 Å². The summed E-state index contributed by atoms with van der Waals surface area (Å²) in [6.07, 6.45) is 4.00. The van der Waals surface area contributed by atoms with Crippen molar-refractivity contribution in [3.05, 3.63) is 76.4 Å². The van der Waals surface area contributed by atoms with Crippen LogP contribution in [-0.4, -0.2) is 46.8 Å². The summed E-state index contributed by atoms with van der Waals surface area (Å²) in [4.78, 5) is 12.5. The molecule has 0 N–H and O–H groups in total. The van der Waals surface area contributed by atoms with Gasteiger partial charge < -0.3 is 4.74 Å². The lowest BCUT2D eigenvalue weighted by atomic mass is 9.88. The van der Waals surface area contributed by atoms with Gasteiger partial charge in [0.05, 0.1) is 23.6 Å². The van der Waals surface area contributed by atoms with Crippen LogP contribution in [0.15, 0.2) is 47.5 Å². The molecule has 0 saturated heterocycles. The Morgan fingerprint density at radius 1 is 1.21 bits per heavy atom. The first-order valence-electron chi connectivity index (χ1n) is 13.5. The predicted octanol–water partition coefficient (Wildman–Crippen LogP) is 4.80. The van der Waals surface area contributed by atoms with E-state index < -0.39 is 15.8 Å². The van der Waals surface area contributed by atoms with Gasteiger partial charge >= 0.3 is 5.97 Å². The molecule has 10 heteroatoms. The van der Waals surface area contributed by atoms with Crippen molar-refractivity contribution in [1.29, 1.82) is 0 Å². The Morgan fingerprint density at radius 3 is 2.72 bits per heavy atom. The van der Waals surface area contributed by atoms with E-state index in [1.54, 1.807) is 17.7 Å². The average Bonchev–Trinajstić information content (AvgIpc) is 3.33. The first kappa shape index (κ1) is 28.9. The second kappa shape index (κ2) is 12.4. The van der Waals surface area contributed by atoms with Crippen LogP contribution < -0.4 is 0 Å². The third kappa shape index (κ3) is 6.91. The molecule has 3 aromatic rings. The van der Waals surface area contributed by atoms with Crippen LogP contribution in [-0.2, 0) is 45.5 Å². The van der Waals surface area contributed by atoms with Crippen LogP contribution in [0.25, 0.3) is 0 Å². The summed E-state index contributed by atoms with van der Waals surface area (Å²) in [5.74, 6) is -0.900. The lowest BCUT2D eigenvalue weighted by Crippen LogP contribution is -2.33. The lowest BCUT2D eigenvalue weighted by Gasteiger charge is -2.24. The quantitative estimate of drug-likeness (QED) is 0.333. The number of sulfonamides is 1. The monoisotopic (exact) mass is 556 g/mol. The molecular weight excluding hydrogens is 519 g/mol. The number of hydrogen-bond acceptors (Lipinski definition) is 6. The summed E-state index contributed by atoms with van der Waals surface area (Å²) in [6.45, 7) is 9.28. The average molecular weight is 557 g/mol. The standard InChI is InChI=1S/C29H37FN4O4S/c1-5-33-19-27(31-32-33)12-10-23(15-29(35)38-6-2)22-8-7-21(4)25(14-22)18-34-17-20(3)13-24-9-11-26(30)16-28(24)39(34,36)37/h7-9,11,14,16,19-20,23H,5-6,10,12-13,15,17-18H2,1-4H3. The van der Waals surface area contributed by atoms with Gasteiger partial charge in [-0.3, -0.25) is 9.48 Å². The van der Waals surface area contributed by atoms with Crippen molar-refractivity contribution in [2.45, 2.75) is 77.3 Å². The second-order valence-corrected chi connectivity index (χ2v) is 12.3. The van der Waals surface area contributed by atoms with E-state index in [0.29, 0.717) is 38.0 Å². The number of carbonyl (C=O) groups is 1. The van der Waals surface area contributed by atoms with Gasteiger partial charge in [-0.25, -0.2) is 12.8 Å². The van der Waals surface area contributed by atoms with Gasteiger partial charge in [-0.05, 0) is 86.3 Å². The van der Waals surface area contributed by atoms with E-state index in [4.69, 9.17) is 4.74 Å². The van der Waals surface area contributed by atoms with Gasteiger partial charge in [0.25, 0.3) is 0 Å². The van der Waals surface area contributed by atoms with Gasteiger partial charge in [-0.1, -0.05) is 36.4 Å². The van der Waals surface area contributed by atoms with Crippen LogP contribution in [0, 0.1) is 18.7 Å². The highest BCUT2D eigenvalue weighted by Gasteiger charge is 2.33. The minimum atomic E-state index is -3.89. The summed E-state index contributed by atoms with van der Waals surface area (Å²) in [6, 6.07) is 9.99. The molecule has 8 nitrogen and oxygen atoms in total. The zero-order valence-electron chi connectivity index (χ0n) is 23.1. The van der Waals surface area contributed by atoms with Crippen molar-refractivity contribution in [2.75, 3.05) is 13.2 Å². The van der Waals surface area contributed by atoms with Crippen molar-refractivity contribution in [1.82, 2.24) is 19.3 Å². The van der Waals surface area contributed by atoms with Crippen LogP contribution >= 0.6 is 0 Å². The fourth-order valence-electron chi connectivity index (χ4n) is 5.15. The minimum Gasteiger partial charge on any atom is -0.466 e. The highest BCUT2D eigenvalue weighted by Crippen LogP contribution is 2.32. The number of fused-ring (bicyclic) bond motifs is 1. The van der Waals surface area contributed by atoms with E-state index in [1.807, 2.05) is 45.2 Å². The topological polar surface area (TPSA) is 94.4 Å². The highest BCUT2D eigenvalue weighted by atomic mass is 32.2. The number of halogens is 1. The van der Waals surface area contributed by atoms with Crippen LogP contribution in [0.4, 0.5) is 4.39 Å². The number of benzene rings is 2. The smallest absolute Gasteiger partial charge is 0.306 e. The zero-order chi connectivity index (χ0) is 28.2. The van der Waals surface area contributed by atoms with Crippen LogP contribution in [0.2, 0.25) is 0 Å². The van der Waals surface area contributed by atoms with Gasteiger partial charge in [0.15, 0.2) is 0 Å². The molecule has 0 saturated carbocycles. The van der Waals surface area contributed by atoms with Crippen molar-refractivity contribution in [3.63, 3.8) is 0 Å². The van der Waals surface area contributed by atoms with Crippen molar-refractivity contribution in [3.8, 4) is 0 Å². The van der Waals surface area contributed by atoms with E-state index in [9.17, 15) is 17.6 Å². The summed E-state index contributed by atoms with van der Waals surface area (Å²) in [7, 11) is -3.89. The fraction of sp³-hybridized carbons (Fsp3) is 0.483.